The summed E-state index contributed by atoms with van der Waals surface area (Å²) < 4.78 is 4.18. The van der Waals surface area contributed by atoms with Gasteiger partial charge in [-0.25, -0.2) is 9.98 Å². The first-order valence-corrected chi connectivity index (χ1v) is 5.03. The van der Waals surface area contributed by atoms with Gasteiger partial charge in [-0.3, -0.25) is 0 Å². The SMILES string of the molecule is CC1C=NC2=NC=CNC(=[N][Al])C21C. The Morgan fingerprint density at radius 3 is 3.14 bits per heavy atom. The van der Waals surface area contributed by atoms with E-state index >= 15 is 0 Å². The van der Waals surface area contributed by atoms with Crippen molar-refractivity contribution in [2.75, 3.05) is 0 Å². The molecule has 0 bridgehead atoms. The molecule has 1 N–H and O–H groups in total. The topological polar surface area (TPSA) is 49.1 Å². The number of nitrogens with one attached hydrogen (secondary N) is 1. The van der Waals surface area contributed by atoms with E-state index in [0.717, 1.165) is 11.7 Å². The second-order valence-electron chi connectivity index (χ2n) is 3.66. The molecule has 0 aromatic rings. The van der Waals surface area contributed by atoms with Crippen LogP contribution in [0.5, 0.6) is 0 Å². The van der Waals surface area contributed by atoms with Crippen molar-refractivity contribution in [3.63, 3.8) is 0 Å². The van der Waals surface area contributed by atoms with Crippen molar-refractivity contribution in [3.05, 3.63) is 12.4 Å². The summed E-state index contributed by atoms with van der Waals surface area (Å²) >= 11 is 2.38. The molecule has 0 amide bonds. The van der Waals surface area contributed by atoms with Crippen LogP contribution in [-0.2, 0) is 0 Å². The minimum atomic E-state index is -0.217. The van der Waals surface area contributed by atoms with Gasteiger partial charge in [-0.05, 0) is 6.92 Å². The molecule has 0 saturated heterocycles. The molecule has 14 heavy (non-hydrogen) atoms. The van der Waals surface area contributed by atoms with E-state index in [2.05, 4.69) is 49.6 Å². The van der Waals surface area contributed by atoms with Crippen molar-refractivity contribution >= 4 is 34.4 Å². The molecule has 2 radical (unpaired) electrons. The highest BCUT2D eigenvalue weighted by Crippen LogP contribution is 2.35. The largest absolute Gasteiger partial charge is 0.416 e. The van der Waals surface area contributed by atoms with E-state index in [1.807, 2.05) is 6.21 Å². The van der Waals surface area contributed by atoms with Crippen molar-refractivity contribution in [1.82, 2.24) is 5.32 Å². The van der Waals surface area contributed by atoms with E-state index in [0.29, 0.717) is 5.92 Å². The molecule has 0 saturated carbocycles. The average molecular weight is 202 g/mol. The summed E-state index contributed by atoms with van der Waals surface area (Å²) in [6, 6.07) is 0. The Labute approximate surface area is 91.6 Å². The van der Waals surface area contributed by atoms with Crippen LogP contribution in [-0.4, -0.2) is 34.4 Å². The summed E-state index contributed by atoms with van der Waals surface area (Å²) in [5, 5.41) is 3.13. The molecule has 4 nitrogen and oxygen atoms in total. The Hall–Kier alpha value is -0.918. The van der Waals surface area contributed by atoms with E-state index in [9.17, 15) is 0 Å². The molecule has 0 aliphatic carbocycles. The Balaban J connectivity index is 2.53. The van der Waals surface area contributed by atoms with E-state index in [1.165, 1.54) is 0 Å². The van der Waals surface area contributed by atoms with Crippen molar-refractivity contribution in [1.29, 1.82) is 0 Å². The first kappa shape index (κ1) is 9.63. The van der Waals surface area contributed by atoms with Crippen molar-refractivity contribution in [3.8, 4) is 0 Å². The van der Waals surface area contributed by atoms with Crippen LogP contribution in [0.3, 0.4) is 0 Å². The van der Waals surface area contributed by atoms with Crippen LogP contribution in [0.2, 0.25) is 0 Å². The van der Waals surface area contributed by atoms with Crippen LogP contribution in [0.1, 0.15) is 13.8 Å². The summed E-state index contributed by atoms with van der Waals surface area (Å²) in [5.74, 6) is 2.03. The van der Waals surface area contributed by atoms with Gasteiger partial charge in [0, 0.05) is 24.5 Å². The van der Waals surface area contributed by atoms with Crippen LogP contribution in [0.4, 0.5) is 0 Å². The number of amidine groups is 2. The number of rotatable bonds is 0. The third-order valence-corrected chi connectivity index (χ3v) is 3.17. The highest BCUT2D eigenvalue weighted by molar-refractivity contribution is 6.22. The lowest BCUT2D eigenvalue weighted by Crippen LogP contribution is -2.43. The third-order valence-electron chi connectivity index (χ3n) is 2.91. The smallest absolute Gasteiger partial charge is 0.348 e. The lowest BCUT2D eigenvalue weighted by atomic mass is 9.78. The number of hydrogen-bond donors (Lipinski definition) is 1. The lowest BCUT2D eigenvalue weighted by molar-refractivity contribution is 0.534. The van der Waals surface area contributed by atoms with Gasteiger partial charge in [0.15, 0.2) is 0 Å². The normalized spacial score (nSPS) is 37.7. The van der Waals surface area contributed by atoms with Gasteiger partial charge in [0.05, 0.1) is 11.3 Å². The molecular weight excluding hydrogens is 191 g/mol. The maximum absolute atomic E-state index is 4.31. The Bertz CT molecular complexity index is 369. The van der Waals surface area contributed by atoms with Crippen LogP contribution in [0.25, 0.3) is 0 Å². The predicted octanol–water partition coefficient (Wildman–Crippen LogP) is 0.668. The molecule has 2 atom stereocenters. The summed E-state index contributed by atoms with van der Waals surface area (Å²) in [4.78, 5) is 8.60. The lowest BCUT2D eigenvalue weighted by Gasteiger charge is -2.29. The van der Waals surface area contributed by atoms with E-state index in [1.54, 1.807) is 12.4 Å². The van der Waals surface area contributed by atoms with Gasteiger partial charge in [0.25, 0.3) is 0 Å². The molecule has 0 fully saturated rings. The van der Waals surface area contributed by atoms with Gasteiger partial charge in [-0.15, -0.1) is 0 Å². The molecule has 0 spiro atoms. The average Bonchev–Trinajstić information content (AvgIpc) is 2.37. The molecule has 2 heterocycles. The van der Waals surface area contributed by atoms with E-state index in [-0.39, 0.29) is 5.41 Å². The second kappa shape index (κ2) is 3.34. The molecule has 2 rings (SSSR count). The number of nitrogens with zero attached hydrogens (tertiary/aromatic N) is 3. The van der Waals surface area contributed by atoms with Crippen molar-refractivity contribution in [2.45, 2.75) is 13.8 Å². The molecule has 5 heteroatoms. The minimum absolute atomic E-state index is 0.217. The Kier molecular flexibility index (Phi) is 2.30. The van der Waals surface area contributed by atoms with Gasteiger partial charge >= 0.3 is 16.5 Å². The fourth-order valence-corrected chi connectivity index (χ4v) is 2.05. The maximum atomic E-state index is 4.31. The number of fused-ring (bicyclic) bond motifs is 1. The summed E-state index contributed by atoms with van der Waals surface area (Å²) in [7, 11) is 0. The third kappa shape index (κ3) is 1.17. The molecule has 2 aliphatic rings. The van der Waals surface area contributed by atoms with Crippen LogP contribution in [0, 0.1) is 11.3 Å². The van der Waals surface area contributed by atoms with Crippen molar-refractivity contribution in [2.24, 2.45) is 25.3 Å². The summed E-state index contributed by atoms with van der Waals surface area (Å²) in [5.41, 5.74) is -0.217. The number of hydrogen-bond acceptors (Lipinski definition) is 3. The highest BCUT2D eigenvalue weighted by atomic mass is 27.1. The van der Waals surface area contributed by atoms with Gasteiger partial charge < -0.3 is 9.29 Å². The molecular formula is C9H11AlN4. The minimum Gasteiger partial charge on any atom is -0.416 e. The molecule has 0 aromatic heterocycles. The summed E-state index contributed by atoms with van der Waals surface area (Å²) in [6.45, 7) is 4.22. The standard InChI is InChI=1S/C9H11N4.Al/c1-6-5-13-8-9(6,2)7(10)11-3-4-12-8;/h3-6H,1-2H3,(H-,10,11);/q-1;+1. The van der Waals surface area contributed by atoms with Gasteiger partial charge in [0.2, 0.25) is 0 Å². The second-order valence-corrected chi connectivity index (χ2v) is 3.92. The van der Waals surface area contributed by atoms with E-state index in [4.69, 9.17) is 0 Å². The Morgan fingerprint density at radius 1 is 1.64 bits per heavy atom. The highest BCUT2D eigenvalue weighted by Gasteiger charge is 2.44. The van der Waals surface area contributed by atoms with Crippen molar-refractivity contribution < 1.29 is 0 Å². The molecule has 70 valence electrons. The van der Waals surface area contributed by atoms with Gasteiger partial charge in [-0.1, -0.05) is 6.92 Å². The number of aliphatic imine (C=N–C) groups is 2. The molecule has 0 aromatic carbocycles. The van der Waals surface area contributed by atoms with Gasteiger partial charge in [0.1, 0.15) is 5.84 Å². The fourth-order valence-electron chi connectivity index (χ4n) is 1.70. The van der Waals surface area contributed by atoms with Gasteiger partial charge in [-0.2, -0.15) is 0 Å². The predicted molar refractivity (Wildman–Crippen MR) is 58.7 cm³/mol. The van der Waals surface area contributed by atoms with Crippen LogP contribution in [0.15, 0.2) is 26.4 Å². The first-order valence-electron chi connectivity index (χ1n) is 4.52. The monoisotopic (exact) mass is 202 g/mol. The molecule has 2 unspecified atom stereocenters. The van der Waals surface area contributed by atoms with Crippen LogP contribution >= 0.6 is 0 Å². The van der Waals surface area contributed by atoms with Crippen LogP contribution < -0.4 is 5.32 Å². The first-order chi connectivity index (χ1) is 6.69. The fraction of sp³-hybridized carbons (Fsp3) is 0.444. The summed E-state index contributed by atoms with van der Waals surface area (Å²) in [6.07, 6.45) is 5.42. The van der Waals surface area contributed by atoms with E-state index < -0.39 is 0 Å². The quantitative estimate of drug-likeness (QED) is 0.576. The maximum Gasteiger partial charge on any atom is 0.348 e. The zero-order valence-corrected chi connectivity index (χ0v) is 9.38. The zero-order chi connectivity index (χ0) is 10.2. The molecule has 2 aliphatic heterocycles. The zero-order valence-electron chi connectivity index (χ0n) is 8.23. The Morgan fingerprint density at radius 2 is 2.43 bits per heavy atom.